The Morgan fingerprint density at radius 1 is 1.28 bits per heavy atom. The molecule has 0 saturated heterocycles. The molecule has 1 aromatic carbocycles. The van der Waals surface area contributed by atoms with Crippen LogP contribution in [-0.4, -0.2) is 21.7 Å². The molecule has 0 radical (unpaired) electrons. The molecule has 2 rings (SSSR count). The standard InChI is InChI=1S/C17H18BrF2N3OS/c1-3-6-25-23-14-5-4-13(19)15(16(14)20)17(24)12-9-22-21-8-11(18)7-10(12)2/h4-5,7-9,21-23H,3,6H2,1-2H3. The van der Waals surface area contributed by atoms with Crippen molar-refractivity contribution in [3.63, 3.8) is 0 Å². The fraction of sp³-hybridized carbons (Fsp3) is 0.235. The minimum Gasteiger partial charge on any atom is -0.327 e. The molecule has 0 saturated carbocycles. The van der Waals surface area contributed by atoms with Gasteiger partial charge in [-0.2, -0.15) is 0 Å². The molecule has 0 unspecified atom stereocenters. The monoisotopic (exact) mass is 429 g/mol. The number of aryl methyl sites for hydroxylation is 1. The molecular formula is C17H18BrF2N3OS. The highest BCUT2D eigenvalue weighted by Crippen LogP contribution is 2.26. The number of carbonyl (C=O) groups is 1. The summed E-state index contributed by atoms with van der Waals surface area (Å²) in [6, 6.07) is 4.07. The average Bonchev–Trinajstić information content (AvgIpc) is 2.55. The van der Waals surface area contributed by atoms with Crippen LogP contribution >= 0.6 is 27.9 Å². The number of benzene rings is 1. The van der Waals surface area contributed by atoms with E-state index in [9.17, 15) is 13.6 Å². The summed E-state index contributed by atoms with van der Waals surface area (Å²) >= 11 is 4.61. The van der Waals surface area contributed by atoms with E-state index in [4.69, 9.17) is 0 Å². The molecule has 0 bridgehead atoms. The number of ketones is 1. The van der Waals surface area contributed by atoms with E-state index in [1.54, 1.807) is 19.2 Å². The van der Waals surface area contributed by atoms with Gasteiger partial charge in [-0.15, -0.1) is 0 Å². The largest absolute Gasteiger partial charge is 0.327 e. The van der Waals surface area contributed by atoms with E-state index in [2.05, 4.69) is 30.8 Å². The van der Waals surface area contributed by atoms with Gasteiger partial charge in [-0.25, -0.2) is 8.78 Å². The van der Waals surface area contributed by atoms with Crippen molar-refractivity contribution in [2.24, 2.45) is 0 Å². The number of H-pyrrole nitrogens is 2. The highest BCUT2D eigenvalue weighted by molar-refractivity contribution is 9.10. The summed E-state index contributed by atoms with van der Waals surface area (Å²) < 4.78 is 32.4. The van der Waals surface area contributed by atoms with Gasteiger partial charge < -0.3 is 14.9 Å². The molecular weight excluding hydrogens is 412 g/mol. The number of aromatic amines is 2. The van der Waals surface area contributed by atoms with Gasteiger partial charge in [0.25, 0.3) is 0 Å². The quantitative estimate of drug-likeness (QED) is 0.322. The van der Waals surface area contributed by atoms with Gasteiger partial charge in [0.1, 0.15) is 5.82 Å². The van der Waals surface area contributed by atoms with Gasteiger partial charge in [0.05, 0.1) is 11.3 Å². The van der Waals surface area contributed by atoms with Crippen molar-refractivity contribution in [2.45, 2.75) is 20.3 Å². The second kappa shape index (κ2) is 9.05. The lowest BCUT2D eigenvalue weighted by atomic mass is 10.00. The van der Waals surface area contributed by atoms with Crippen LogP contribution < -0.4 is 4.72 Å². The van der Waals surface area contributed by atoms with Crippen molar-refractivity contribution >= 4 is 39.3 Å². The smallest absolute Gasteiger partial charge is 0.200 e. The fourth-order valence-electron chi connectivity index (χ4n) is 2.11. The van der Waals surface area contributed by atoms with Crippen molar-refractivity contribution in [1.82, 2.24) is 10.2 Å². The van der Waals surface area contributed by atoms with Crippen LogP contribution in [-0.2, 0) is 0 Å². The first-order valence-electron chi connectivity index (χ1n) is 7.61. The molecule has 0 aliphatic carbocycles. The predicted octanol–water partition coefficient (Wildman–Crippen LogP) is 5.52. The van der Waals surface area contributed by atoms with E-state index in [-0.39, 0.29) is 11.3 Å². The Hall–Kier alpha value is -1.80. The molecule has 134 valence electrons. The van der Waals surface area contributed by atoms with Crippen LogP contribution in [0.15, 0.2) is 35.1 Å². The van der Waals surface area contributed by atoms with E-state index < -0.39 is 23.0 Å². The van der Waals surface area contributed by atoms with Gasteiger partial charge >= 0.3 is 0 Å². The number of hydrogen-bond donors (Lipinski definition) is 3. The van der Waals surface area contributed by atoms with Gasteiger partial charge in [-0.05, 0) is 53.0 Å². The van der Waals surface area contributed by atoms with Crippen molar-refractivity contribution < 1.29 is 13.6 Å². The van der Waals surface area contributed by atoms with Gasteiger partial charge in [0, 0.05) is 28.2 Å². The second-order valence-corrected chi connectivity index (χ2v) is 7.08. The third-order valence-electron chi connectivity index (χ3n) is 3.34. The highest BCUT2D eigenvalue weighted by atomic mass is 79.9. The summed E-state index contributed by atoms with van der Waals surface area (Å²) in [6.45, 7) is 3.69. The second-order valence-electron chi connectivity index (χ2n) is 5.27. The maximum absolute atomic E-state index is 14.7. The van der Waals surface area contributed by atoms with Crippen LogP contribution in [0.3, 0.4) is 0 Å². The van der Waals surface area contributed by atoms with Gasteiger partial charge in [-0.1, -0.05) is 18.9 Å². The van der Waals surface area contributed by atoms with Crippen LogP contribution in [0.25, 0.3) is 0 Å². The maximum Gasteiger partial charge on any atom is 0.200 e. The van der Waals surface area contributed by atoms with Crippen molar-refractivity contribution in [1.29, 1.82) is 0 Å². The van der Waals surface area contributed by atoms with E-state index in [1.165, 1.54) is 24.2 Å². The first kappa shape index (κ1) is 19.5. The molecule has 8 heteroatoms. The molecule has 3 N–H and O–H groups in total. The minimum atomic E-state index is -0.896. The van der Waals surface area contributed by atoms with Crippen LogP contribution in [0.1, 0.15) is 34.8 Å². The van der Waals surface area contributed by atoms with E-state index in [0.29, 0.717) is 10.0 Å². The Morgan fingerprint density at radius 3 is 2.72 bits per heavy atom. The molecule has 25 heavy (non-hydrogen) atoms. The summed E-state index contributed by atoms with van der Waals surface area (Å²) in [4.78, 5) is 12.8. The number of rotatable bonds is 6. The third kappa shape index (κ3) is 4.85. The third-order valence-corrected chi connectivity index (χ3v) is 4.77. The highest BCUT2D eigenvalue weighted by Gasteiger charge is 2.23. The molecule has 1 aromatic heterocycles. The first-order valence-corrected chi connectivity index (χ1v) is 9.39. The Labute approximate surface area is 157 Å². The normalized spacial score (nSPS) is 10.4. The van der Waals surface area contributed by atoms with E-state index >= 15 is 0 Å². The lowest BCUT2D eigenvalue weighted by Gasteiger charge is -2.11. The van der Waals surface area contributed by atoms with Gasteiger partial charge in [0.15, 0.2) is 5.82 Å². The SMILES string of the molecule is CCCSNc1ccc(F)c(C(=O)c2c[nH][nH]cc(Br)cc2C)c1F. The fourth-order valence-corrected chi connectivity index (χ4v) is 3.19. The van der Waals surface area contributed by atoms with Crippen molar-refractivity contribution in [3.05, 3.63) is 63.4 Å². The Balaban J connectivity index is 2.50. The minimum absolute atomic E-state index is 0.0865. The van der Waals surface area contributed by atoms with Crippen LogP contribution in [0.5, 0.6) is 0 Å². The van der Waals surface area contributed by atoms with Crippen LogP contribution in [0, 0.1) is 18.6 Å². The topological polar surface area (TPSA) is 60.7 Å². The van der Waals surface area contributed by atoms with E-state index in [1.807, 2.05) is 6.92 Å². The zero-order valence-corrected chi connectivity index (χ0v) is 16.2. The summed E-state index contributed by atoms with van der Waals surface area (Å²) in [6.07, 6.45) is 3.93. The zero-order valence-electron chi connectivity index (χ0n) is 13.8. The lowest BCUT2D eigenvalue weighted by Crippen LogP contribution is -2.11. The molecule has 0 amide bonds. The number of aromatic nitrogens is 2. The molecule has 0 atom stereocenters. The number of nitrogens with one attached hydrogen (secondary N) is 3. The number of halogens is 3. The van der Waals surface area contributed by atoms with Gasteiger partial charge in [-0.3, -0.25) is 4.79 Å². The lowest BCUT2D eigenvalue weighted by molar-refractivity contribution is 0.103. The number of anilines is 1. The van der Waals surface area contributed by atoms with E-state index in [0.717, 1.165) is 18.2 Å². The first-order chi connectivity index (χ1) is 12.0. The molecule has 0 aliphatic rings. The van der Waals surface area contributed by atoms with Gasteiger partial charge in [0.2, 0.25) is 5.78 Å². The van der Waals surface area contributed by atoms with Crippen LogP contribution in [0.4, 0.5) is 14.5 Å². The Morgan fingerprint density at radius 2 is 2.00 bits per heavy atom. The molecule has 2 aromatic rings. The maximum atomic E-state index is 14.7. The summed E-state index contributed by atoms with van der Waals surface area (Å²) in [5.41, 5.74) is 0.236. The molecule has 0 spiro atoms. The predicted molar refractivity (Wildman–Crippen MR) is 101 cm³/mol. The summed E-state index contributed by atoms with van der Waals surface area (Å²) in [5, 5.41) is 5.43. The Kier molecular flexibility index (Phi) is 7.07. The molecule has 1 heterocycles. The van der Waals surface area contributed by atoms with Crippen molar-refractivity contribution in [2.75, 3.05) is 10.5 Å². The number of hydrogen-bond acceptors (Lipinski definition) is 3. The average molecular weight is 430 g/mol. The molecule has 0 aliphatic heterocycles. The Bertz CT molecular complexity index is 818. The molecule has 4 nitrogen and oxygen atoms in total. The summed E-state index contributed by atoms with van der Waals surface area (Å²) in [7, 11) is 0. The number of carbonyl (C=O) groups excluding carboxylic acids is 1. The summed E-state index contributed by atoms with van der Waals surface area (Å²) in [5.74, 6) is -1.76. The van der Waals surface area contributed by atoms with Crippen molar-refractivity contribution in [3.8, 4) is 0 Å². The van der Waals surface area contributed by atoms with Crippen LogP contribution in [0.2, 0.25) is 0 Å². The zero-order chi connectivity index (χ0) is 18.4. The molecule has 0 fully saturated rings.